The molecule has 2 amide bonds. The first kappa shape index (κ1) is 22.0. The van der Waals surface area contributed by atoms with Gasteiger partial charge in [0.2, 0.25) is 0 Å². The summed E-state index contributed by atoms with van der Waals surface area (Å²) in [6, 6.07) is 16.3. The summed E-state index contributed by atoms with van der Waals surface area (Å²) in [7, 11) is 1.58. The lowest BCUT2D eigenvalue weighted by Crippen LogP contribution is -2.24. The third-order valence-corrected chi connectivity index (χ3v) is 5.57. The Kier molecular flexibility index (Phi) is 6.04. The quantitative estimate of drug-likeness (QED) is 0.380. The van der Waals surface area contributed by atoms with Crippen molar-refractivity contribution in [3.05, 3.63) is 102 Å². The average molecular weight is 467 g/mol. The van der Waals surface area contributed by atoms with Crippen molar-refractivity contribution in [3.8, 4) is 11.3 Å². The highest BCUT2D eigenvalue weighted by Gasteiger charge is 2.18. The maximum Gasteiger partial charge on any atom is 0.252 e. The van der Waals surface area contributed by atoms with Gasteiger partial charge in [0, 0.05) is 37.1 Å². The number of amides is 2. The average Bonchev–Trinajstić information content (AvgIpc) is 3.57. The molecule has 0 bridgehead atoms. The van der Waals surface area contributed by atoms with Crippen LogP contribution in [0.2, 0.25) is 0 Å². The van der Waals surface area contributed by atoms with Crippen LogP contribution in [0.25, 0.3) is 22.3 Å². The second kappa shape index (κ2) is 9.60. The van der Waals surface area contributed by atoms with Crippen LogP contribution >= 0.6 is 0 Å². The highest BCUT2D eigenvalue weighted by Crippen LogP contribution is 2.25. The van der Waals surface area contributed by atoms with Crippen molar-refractivity contribution in [2.75, 3.05) is 7.05 Å². The standard InChI is InChI=1S/C26H22N6O3/c1-27-25(33)18-6-2-5-17(11-18)13-29-26(34)21-12-23(19-7-3-9-28-14-19)31-24-22(21)15-30-32(24)16-20-8-4-10-35-20/h2-12,14-15H,13,16H2,1H3,(H,27,33)(H,29,34). The molecule has 0 aliphatic carbocycles. The van der Waals surface area contributed by atoms with E-state index in [1.807, 2.05) is 30.3 Å². The van der Waals surface area contributed by atoms with Crippen molar-refractivity contribution < 1.29 is 14.0 Å². The molecule has 0 aliphatic rings. The van der Waals surface area contributed by atoms with Gasteiger partial charge < -0.3 is 15.1 Å². The fourth-order valence-corrected chi connectivity index (χ4v) is 3.81. The number of nitrogens with one attached hydrogen (secondary N) is 2. The van der Waals surface area contributed by atoms with Gasteiger partial charge in [0.1, 0.15) is 12.3 Å². The van der Waals surface area contributed by atoms with E-state index in [0.29, 0.717) is 34.4 Å². The van der Waals surface area contributed by atoms with Crippen molar-refractivity contribution in [1.82, 2.24) is 30.4 Å². The van der Waals surface area contributed by atoms with Gasteiger partial charge in [-0.25, -0.2) is 9.67 Å². The first-order chi connectivity index (χ1) is 17.1. The minimum Gasteiger partial charge on any atom is -0.467 e. The van der Waals surface area contributed by atoms with E-state index in [4.69, 9.17) is 9.40 Å². The lowest BCUT2D eigenvalue weighted by atomic mass is 10.1. The molecule has 0 saturated heterocycles. The first-order valence-corrected chi connectivity index (χ1v) is 11.0. The third-order valence-electron chi connectivity index (χ3n) is 5.57. The van der Waals surface area contributed by atoms with E-state index in [9.17, 15) is 9.59 Å². The number of hydrogen-bond acceptors (Lipinski definition) is 6. The van der Waals surface area contributed by atoms with E-state index < -0.39 is 0 Å². The van der Waals surface area contributed by atoms with Crippen molar-refractivity contribution >= 4 is 22.8 Å². The summed E-state index contributed by atoms with van der Waals surface area (Å²) in [5, 5.41) is 10.6. The molecular formula is C26H22N6O3. The molecule has 2 N–H and O–H groups in total. The lowest BCUT2D eigenvalue weighted by Gasteiger charge is -2.10. The van der Waals surface area contributed by atoms with Gasteiger partial charge in [-0.2, -0.15) is 5.10 Å². The van der Waals surface area contributed by atoms with Crippen molar-refractivity contribution in [3.63, 3.8) is 0 Å². The number of furan rings is 1. The van der Waals surface area contributed by atoms with Gasteiger partial charge in [0.05, 0.1) is 29.1 Å². The van der Waals surface area contributed by atoms with Crippen molar-refractivity contribution in [2.24, 2.45) is 0 Å². The van der Waals surface area contributed by atoms with Crippen molar-refractivity contribution in [2.45, 2.75) is 13.1 Å². The minimum atomic E-state index is -0.273. The summed E-state index contributed by atoms with van der Waals surface area (Å²) in [6.07, 6.45) is 6.63. The van der Waals surface area contributed by atoms with Gasteiger partial charge in [0.15, 0.2) is 5.65 Å². The molecule has 1 aromatic carbocycles. The Morgan fingerprint density at radius 2 is 1.94 bits per heavy atom. The maximum absolute atomic E-state index is 13.3. The van der Waals surface area contributed by atoms with Crippen LogP contribution in [0.4, 0.5) is 0 Å². The molecule has 174 valence electrons. The topological polar surface area (TPSA) is 115 Å². The molecule has 0 atom stereocenters. The normalized spacial score (nSPS) is 10.9. The highest BCUT2D eigenvalue weighted by atomic mass is 16.3. The molecule has 5 rings (SSSR count). The first-order valence-electron chi connectivity index (χ1n) is 11.0. The summed E-state index contributed by atoms with van der Waals surface area (Å²) >= 11 is 0. The maximum atomic E-state index is 13.3. The van der Waals surface area contributed by atoms with Gasteiger partial charge in [-0.15, -0.1) is 0 Å². The van der Waals surface area contributed by atoms with Crippen LogP contribution in [0.3, 0.4) is 0 Å². The summed E-state index contributed by atoms with van der Waals surface area (Å²) in [5.74, 6) is 0.273. The van der Waals surface area contributed by atoms with E-state index >= 15 is 0 Å². The fraction of sp³-hybridized carbons (Fsp3) is 0.115. The zero-order valence-corrected chi connectivity index (χ0v) is 18.9. The number of benzene rings is 1. The molecule has 0 unspecified atom stereocenters. The lowest BCUT2D eigenvalue weighted by molar-refractivity contribution is 0.0950. The second-order valence-corrected chi connectivity index (χ2v) is 7.88. The van der Waals surface area contributed by atoms with Crippen LogP contribution in [-0.4, -0.2) is 38.6 Å². The molecule has 5 aromatic rings. The number of hydrogen-bond donors (Lipinski definition) is 2. The van der Waals surface area contributed by atoms with Gasteiger partial charge in [0.25, 0.3) is 11.8 Å². The monoisotopic (exact) mass is 466 g/mol. The molecular weight excluding hydrogens is 444 g/mol. The van der Waals surface area contributed by atoms with E-state index in [-0.39, 0.29) is 18.4 Å². The number of nitrogens with zero attached hydrogens (tertiary/aromatic N) is 4. The molecule has 9 heteroatoms. The number of pyridine rings is 2. The summed E-state index contributed by atoms with van der Waals surface area (Å²) in [5.41, 5.74) is 3.75. The zero-order valence-electron chi connectivity index (χ0n) is 18.9. The SMILES string of the molecule is CNC(=O)c1cccc(CNC(=O)c2cc(-c3cccnc3)nc3c2cnn3Cc2ccco2)c1. The number of rotatable bonds is 7. The summed E-state index contributed by atoms with van der Waals surface area (Å²) < 4.78 is 7.17. The van der Waals surface area contributed by atoms with Crippen LogP contribution in [0.15, 0.2) is 83.9 Å². The summed E-state index contributed by atoms with van der Waals surface area (Å²) in [6.45, 7) is 0.642. The Labute approximate surface area is 200 Å². The molecule has 4 heterocycles. The Hall–Kier alpha value is -4.79. The second-order valence-electron chi connectivity index (χ2n) is 7.88. The van der Waals surface area contributed by atoms with Gasteiger partial charge in [-0.3, -0.25) is 14.6 Å². The smallest absolute Gasteiger partial charge is 0.252 e. The summed E-state index contributed by atoms with van der Waals surface area (Å²) in [4.78, 5) is 34.2. The molecule has 35 heavy (non-hydrogen) atoms. The van der Waals surface area contributed by atoms with Gasteiger partial charge >= 0.3 is 0 Å². The van der Waals surface area contributed by atoms with Crippen LogP contribution in [-0.2, 0) is 13.1 Å². The third kappa shape index (κ3) is 4.65. The molecule has 0 spiro atoms. The minimum absolute atomic E-state index is 0.181. The number of aromatic nitrogens is 4. The molecule has 0 fully saturated rings. The van der Waals surface area contributed by atoms with Gasteiger partial charge in [-0.05, 0) is 48.0 Å². The van der Waals surface area contributed by atoms with Crippen LogP contribution in [0, 0.1) is 0 Å². The predicted octanol–water partition coefficient (Wildman–Crippen LogP) is 3.42. The number of fused-ring (bicyclic) bond motifs is 1. The zero-order chi connectivity index (χ0) is 24.2. The van der Waals surface area contributed by atoms with E-state index in [2.05, 4.69) is 20.7 Å². The molecule has 9 nitrogen and oxygen atoms in total. The largest absolute Gasteiger partial charge is 0.467 e. The van der Waals surface area contributed by atoms with E-state index in [0.717, 1.165) is 16.9 Å². The predicted molar refractivity (Wildman–Crippen MR) is 130 cm³/mol. The number of carbonyl (C=O) groups excluding carboxylic acids is 2. The Bertz CT molecular complexity index is 1490. The van der Waals surface area contributed by atoms with E-state index in [1.165, 1.54) is 0 Å². The molecule has 0 saturated carbocycles. The molecule has 0 aliphatic heterocycles. The highest BCUT2D eigenvalue weighted by molar-refractivity contribution is 6.06. The fourth-order valence-electron chi connectivity index (χ4n) is 3.81. The Morgan fingerprint density at radius 1 is 1.03 bits per heavy atom. The van der Waals surface area contributed by atoms with Crippen LogP contribution < -0.4 is 10.6 Å². The van der Waals surface area contributed by atoms with Gasteiger partial charge in [-0.1, -0.05) is 12.1 Å². The van der Waals surface area contributed by atoms with Crippen LogP contribution in [0.1, 0.15) is 32.0 Å². The Balaban J connectivity index is 1.49. The van der Waals surface area contributed by atoms with Crippen LogP contribution in [0.5, 0.6) is 0 Å². The molecule has 0 radical (unpaired) electrons. The molecule has 4 aromatic heterocycles. The van der Waals surface area contributed by atoms with E-state index in [1.54, 1.807) is 60.8 Å². The Morgan fingerprint density at radius 3 is 2.71 bits per heavy atom. The number of carbonyl (C=O) groups is 2. The van der Waals surface area contributed by atoms with Crippen molar-refractivity contribution in [1.29, 1.82) is 0 Å².